The van der Waals surface area contributed by atoms with E-state index in [2.05, 4.69) is 4.98 Å². The van der Waals surface area contributed by atoms with Crippen molar-refractivity contribution in [2.45, 2.75) is 10.9 Å². The average molecular weight is 386 g/mol. The summed E-state index contributed by atoms with van der Waals surface area (Å²) >= 11 is 9.30. The molecule has 0 aromatic carbocycles. The predicted octanol–water partition coefficient (Wildman–Crippen LogP) is 3.70. The molecule has 0 saturated carbocycles. The van der Waals surface area contributed by atoms with Crippen LogP contribution in [0.5, 0.6) is 0 Å². The van der Waals surface area contributed by atoms with Crippen molar-refractivity contribution < 1.29 is 19.1 Å². The number of H-pyrrole nitrogens is 1. The van der Waals surface area contributed by atoms with Gasteiger partial charge in [0.05, 0.1) is 35.6 Å². The number of carbonyl (C=O) groups excluding carboxylic acids is 2. The van der Waals surface area contributed by atoms with E-state index in [0.717, 1.165) is 26.5 Å². The number of fused-ring (bicyclic) bond motifs is 1. The highest BCUT2D eigenvalue weighted by Crippen LogP contribution is 2.50. The lowest BCUT2D eigenvalue weighted by Gasteiger charge is -2.24. The van der Waals surface area contributed by atoms with Crippen LogP contribution in [0, 0.1) is 3.95 Å². The molecule has 0 fully saturated rings. The van der Waals surface area contributed by atoms with E-state index in [-0.39, 0.29) is 10.8 Å². The number of ether oxygens (including phenoxy) is 2. The summed E-state index contributed by atoms with van der Waals surface area (Å²) in [6.45, 7) is 0. The van der Waals surface area contributed by atoms with Crippen LogP contribution in [-0.4, -0.2) is 31.1 Å². The maximum Gasteiger partial charge on any atom is 0.345 e. The second-order valence-electron chi connectivity index (χ2n) is 4.48. The molecule has 120 valence electrons. The summed E-state index contributed by atoms with van der Waals surface area (Å²) in [5, 5.41) is 2.70. The zero-order chi connectivity index (χ0) is 16.6. The van der Waals surface area contributed by atoms with Gasteiger partial charge in [0.2, 0.25) is 0 Å². The zero-order valence-corrected chi connectivity index (χ0v) is 15.3. The number of hydrogen-bond donors (Lipinski definition) is 1. The fourth-order valence-corrected chi connectivity index (χ4v) is 5.88. The van der Waals surface area contributed by atoms with E-state index in [1.165, 1.54) is 36.9 Å². The van der Waals surface area contributed by atoms with Crippen molar-refractivity contribution in [2.75, 3.05) is 14.2 Å². The summed E-state index contributed by atoms with van der Waals surface area (Å²) < 4.78 is 10.4. The van der Waals surface area contributed by atoms with Gasteiger partial charge in [-0.2, -0.15) is 0 Å². The molecule has 0 bridgehead atoms. The van der Waals surface area contributed by atoms with Crippen molar-refractivity contribution in [1.29, 1.82) is 0 Å². The monoisotopic (exact) mass is 385 g/mol. The summed E-state index contributed by atoms with van der Waals surface area (Å²) in [5.74, 6) is -1.49. The number of esters is 2. The van der Waals surface area contributed by atoms with Crippen LogP contribution in [0.15, 0.2) is 33.0 Å². The fourth-order valence-electron chi connectivity index (χ4n) is 2.30. The highest BCUT2D eigenvalue weighted by atomic mass is 32.2. The number of rotatable bonds is 3. The van der Waals surface area contributed by atoms with Crippen LogP contribution in [0.3, 0.4) is 0 Å². The van der Waals surface area contributed by atoms with E-state index in [0.29, 0.717) is 9.53 Å². The molecule has 1 unspecified atom stereocenters. The molecule has 0 saturated heterocycles. The smallest absolute Gasteiger partial charge is 0.345 e. The molecule has 5 nitrogen and oxygen atoms in total. The summed E-state index contributed by atoms with van der Waals surface area (Å²) in [4.78, 5) is 29.7. The highest BCUT2D eigenvalue weighted by molar-refractivity contribution is 8.04. The molecule has 23 heavy (non-hydrogen) atoms. The number of carbonyl (C=O) groups is 2. The summed E-state index contributed by atoms with van der Waals surface area (Å²) in [7, 11) is 2.59. The summed E-state index contributed by atoms with van der Waals surface area (Å²) in [6, 6.07) is 3.83. The Hall–Kier alpha value is -1.42. The molecule has 0 aliphatic carbocycles. The van der Waals surface area contributed by atoms with Gasteiger partial charge in [0, 0.05) is 4.88 Å². The first-order chi connectivity index (χ1) is 11.1. The Morgan fingerprint density at radius 3 is 2.61 bits per heavy atom. The number of nitrogens with one attached hydrogen (secondary N) is 1. The summed E-state index contributed by atoms with van der Waals surface area (Å²) in [6.07, 6.45) is 0. The number of thioether (sulfide) groups is 1. The average Bonchev–Trinajstić information content (AvgIpc) is 3.19. The molecular formula is C14H11NO4S4. The van der Waals surface area contributed by atoms with Gasteiger partial charge in [-0.15, -0.1) is 22.7 Å². The van der Waals surface area contributed by atoms with Gasteiger partial charge in [0.15, 0.2) is 3.95 Å². The molecule has 9 heteroatoms. The first-order valence-electron chi connectivity index (χ1n) is 6.41. The number of aromatic nitrogens is 1. The molecule has 1 N–H and O–H groups in total. The maximum atomic E-state index is 12.4. The van der Waals surface area contributed by atoms with Crippen LogP contribution in [-0.2, 0) is 19.1 Å². The van der Waals surface area contributed by atoms with Gasteiger partial charge in [-0.25, -0.2) is 9.59 Å². The van der Waals surface area contributed by atoms with Crippen LogP contribution in [0.2, 0.25) is 0 Å². The molecule has 0 radical (unpaired) electrons. The predicted molar refractivity (Wildman–Crippen MR) is 92.6 cm³/mol. The molecule has 2 aromatic heterocycles. The molecule has 3 rings (SSSR count). The lowest BCUT2D eigenvalue weighted by molar-refractivity contribution is -0.139. The lowest BCUT2D eigenvalue weighted by Crippen LogP contribution is -2.21. The van der Waals surface area contributed by atoms with Crippen molar-refractivity contribution in [2.24, 2.45) is 0 Å². The minimum Gasteiger partial charge on any atom is -0.466 e. The summed E-state index contributed by atoms with van der Waals surface area (Å²) in [5.41, 5.74) is 0.296. The van der Waals surface area contributed by atoms with E-state index in [1.54, 1.807) is 0 Å². The van der Waals surface area contributed by atoms with Crippen LogP contribution in [0.4, 0.5) is 0 Å². The van der Waals surface area contributed by atoms with E-state index < -0.39 is 11.9 Å². The zero-order valence-electron chi connectivity index (χ0n) is 12.1. The number of methoxy groups -OCH3 is 2. The number of thiazole rings is 1. The maximum absolute atomic E-state index is 12.4. The minimum absolute atomic E-state index is 0.231. The first-order valence-corrected chi connectivity index (χ1v) is 9.34. The van der Waals surface area contributed by atoms with E-state index in [9.17, 15) is 9.59 Å². The second kappa shape index (κ2) is 6.60. The Kier molecular flexibility index (Phi) is 4.72. The molecule has 1 aliphatic heterocycles. The van der Waals surface area contributed by atoms with E-state index in [1.807, 2.05) is 17.5 Å². The molecule has 2 aromatic rings. The van der Waals surface area contributed by atoms with Gasteiger partial charge < -0.3 is 14.5 Å². The topological polar surface area (TPSA) is 68.4 Å². The second-order valence-corrected chi connectivity index (χ2v) is 8.20. The van der Waals surface area contributed by atoms with Crippen LogP contribution in [0.25, 0.3) is 0 Å². The standard InChI is InChI=1S/C14H11NO4S4/c1-18-12(16)8-7(6-4-3-5-21-6)9-11(15-14(20)23-9)22-10(8)13(17)19-2/h3-5,7H,1-2H3,(H,15,20). The van der Waals surface area contributed by atoms with Gasteiger partial charge in [-0.3, -0.25) is 0 Å². The number of thiophene rings is 1. The largest absolute Gasteiger partial charge is 0.466 e. The molecule has 3 heterocycles. The third-order valence-corrected chi connectivity index (χ3v) is 6.73. The highest BCUT2D eigenvalue weighted by Gasteiger charge is 2.39. The fraction of sp³-hybridized carbons (Fsp3) is 0.214. The molecular weight excluding hydrogens is 374 g/mol. The molecule has 0 amide bonds. The normalized spacial score (nSPS) is 16.9. The SMILES string of the molecule is COC(=O)C1=C(C(=O)OC)C(c2cccs2)c2sc(=S)[nH]c2S1. The molecule has 1 atom stereocenters. The van der Waals surface area contributed by atoms with Crippen molar-refractivity contribution in [3.63, 3.8) is 0 Å². The third kappa shape index (κ3) is 2.89. The number of hydrogen-bond acceptors (Lipinski definition) is 8. The Morgan fingerprint density at radius 1 is 1.26 bits per heavy atom. The van der Waals surface area contributed by atoms with Crippen LogP contribution >= 0.6 is 46.7 Å². The van der Waals surface area contributed by atoms with Gasteiger partial charge in [0.1, 0.15) is 4.91 Å². The van der Waals surface area contributed by atoms with Crippen molar-refractivity contribution in [3.05, 3.63) is 41.7 Å². The van der Waals surface area contributed by atoms with Gasteiger partial charge in [-0.1, -0.05) is 17.8 Å². The van der Waals surface area contributed by atoms with Gasteiger partial charge >= 0.3 is 11.9 Å². The Balaban J connectivity index is 2.28. The van der Waals surface area contributed by atoms with Crippen LogP contribution < -0.4 is 0 Å². The third-order valence-electron chi connectivity index (χ3n) is 3.25. The Morgan fingerprint density at radius 2 is 2.00 bits per heavy atom. The molecule has 0 spiro atoms. The Labute approximate surface area is 149 Å². The van der Waals surface area contributed by atoms with Crippen molar-refractivity contribution in [1.82, 2.24) is 4.98 Å². The van der Waals surface area contributed by atoms with E-state index in [4.69, 9.17) is 21.7 Å². The van der Waals surface area contributed by atoms with E-state index >= 15 is 0 Å². The molecule has 1 aliphatic rings. The quantitative estimate of drug-likeness (QED) is 0.642. The Bertz CT molecular complexity index is 847. The lowest BCUT2D eigenvalue weighted by atomic mass is 9.95. The van der Waals surface area contributed by atoms with Crippen molar-refractivity contribution >= 4 is 58.6 Å². The van der Waals surface area contributed by atoms with Gasteiger partial charge in [-0.05, 0) is 23.7 Å². The number of aromatic amines is 1. The van der Waals surface area contributed by atoms with Crippen LogP contribution in [0.1, 0.15) is 15.7 Å². The van der Waals surface area contributed by atoms with Gasteiger partial charge in [0.25, 0.3) is 0 Å². The first kappa shape index (κ1) is 16.4. The van der Waals surface area contributed by atoms with Crippen molar-refractivity contribution in [3.8, 4) is 0 Å². The minimum atomic E-state index is -0.562.